The zero-order chi connectivity index (χ0) is 12.4. The molecule has 1 atom stereocenters. The van der Waals surface area contributed by atoms with Gasteiger partial charge in [-0.2, -0.15) is 5.26 Å². The van der Waals surface area contributed by atoms with E-state index in [1.54, 1.807) is 4.90 Å². The first kappa shape index (κ1) is 11.5. The third-order valence-electron chi connectivity index (χ3n) is 2.93. The van der Waals surface area contributed by atoms with E-state index in [2.05, 4.69) is 0 Å². The van der Waals surface area contributed by atoms with Crippen molar-refractivity contribution in [1.29, 1.82) is 5.26 Å². The van der Waals surface area contributed by atoms with Crippen LogP contribution in [0.5, 0.6) is 0 Å². The van der Waals surface area contributed by atoms with Gasteiger partial charge in [-0.15, -0.1) is 0 Å². The van der Waals surface area contributed by atoms with Gasteiger partial charge in [0.1, 0.15) is 6.07 Å². The summed E-state index contributed by atoms with van der Waals surface area (Å²) in [6, 6.07) is 7.89. The Hall–Kier alpha value is -2.02. The summed E-state index contributed by atoms with van der Waals surface area (Å²) < 4.78 is 4.96. The van der Waals surface area contributed by atoms with Crippen LogP contribution >= 0.6 is 0 Å². The largest absolute Gasteiger partial charge is 0.428 e. The maximum atomic E-state index is 11.7. The molecular weight excluding hydrogens is 216 g/mol. The zero-order valence-corrected chi connectivity index (χ0v) is 9.93. The lowest BCUT2D eigenvalue weighted by atomic mass is 10.0. The number of hydrogen-bond acceptors (Lipinski definition) is 3. The van der Waals surface area contributed by atoms with Crippen molar-refractivity contribution < 1.29 is 9.53 Å². The molecule has 88 valence electrons. The molecule has 1 aliphatic rings. The van der Waals surface area contributed by atoms with Gasteiger partial charge >= 0.3 is 6.09 Å². The maximum Gasteiger partial charge on any atom is 0.415 e. The molecule has 1 saturated heterocycles. The third-order valence-corrected chi connectivity index (χ3v) is 2.93. The summed E-state index contributed by atoms with van der Waals surface area (Å²) in [5.74, 6) is 0. The van der Waals surface area contributed by atoms with Crippen LogP contribution in [0.1, 0.15) is 18.1 Å². The lowest BCUT2D eigenvalue weighted by Crippen LogP contribution is -2.26. The maximum absolute atomic E-state index is 11.7. The number of rotatable bonds is 2. The molecule has 17 heavy (non-hydrogen) atoms. The highest BCUT2D eigenvalue weighted by Gasteiger charge is 2.33. The predicted molar refractivity (Wildman–Crippen MR) is 63.8 cm³/mol. The fraction of sp³-hybridized carbons (Fsp3) is 0.385. The number of ether oxygens (including phenoxy) is 1. The van der Waals surface area contributed by atoms with Gasteiger partial charge in [-0.1, -0.05) is 25.1 Å². The number of benzene rings is 1. The van der Waals surface area contributed by atoms with E-state index in [1.807, 2.05) is 38.1 Å². The molecule has 4 nitrogen and oxygen atoms in total. The Labute approximate surface area is 100 Å². The van der Waals surface area contributed by atoms with Crippen molar-refractivity contribution >= 4 is 11.8 Å². The molecule has 1 aliphatic heterocycles. The Morgan fingerprint density at radius 3 is 2.94 bits per heavy atom. The second-order valence-corrected chi connectivity index (χ2v) is 4.05. The normalized spacial score (nSPS) is 19.0. The minimum Gasteiger partial charge on any atom is -0.428 e. The van der Waals surface area contributed by atoms with E-state index in [0.29, 0.717) is 6.54 Å². The van der Waals surface area contributed by atoms with Crippen LogP contribution in [0.25, 0.3) is 0 Å². The fourth-order valence-corrected chi connectivity index (χ4v) is 2.10. The predicted octanol–water partition coefficient (Wildman–Crippen LogP) is 2.41. The summed E-state index contributed by atoms with van der Waals surface area (Å²) in [7, 11) is 0. The van der Waals surface area contributed by atoms with Gasteiger partial charge in [0.05, 0.1) is 12.2 Å². The van der Waals surface area contributed by atoms with Crippen molar-refractivity contribution in [2.45, 2.75) is 26.4 Å². The molecule has 0 bridgehead atoms. The van der Waals surface area contributed by atoms with E-state index >= 15 is 0 Å². The molecule has 0 aromatic heterocycles. The SMILES string of the molecule is CCc1cccc(C)c1N1CC(C#N)OC1=O. The standard InChI is InChI=1S/C13H14N2O2/c1-3-10-6-4-5-9(2)12(10)15-8-11(7-14)17-13(15)16/h4-6,11H,3,8H2,1-2H3. The molecular formula is C13H14N2O2. The number of cyclic esters (lactones) is 1. The fourth-order valence-electron chi connectivity index (χ4n) is 2.10. The molecule has 0 radical (unpaired) electrons. The average Bonchev–Trinajstić information content (AvgIpc) is 2.70. The number of para-hydroxylation sites is 1. The van der Waals surface area contributed by atoms with Crippen molar-refractivity contribution in [2.24, 2.45) is 0 Å². The Balaban J connectivity index is 2.41. The Bertz CT molecular complexity index is 491. The van der Waals surface area contributed by atoms with E-state index < -0.39 is 12.2 Å². The van der Waals surface area contributed by atoms with Crippen LogP contribution in [0.15, 0.2) is 18.2 Å². The van der Waals surface area contributed by atoms with Crippen LogP contribution < -0.4 is 4.90 Å². The number of amides is 1. The second kappa shape index (κ2) is 4.46. The van der Waals surface area contributed by atoms with Crippen molar-refractivity contribution in [3.8, 4) is 6.07 Å². The third kappa shape index (κ3) is 1.96. The molecule has 1 amide bonds. The van der Waals surface area contributed by atoms with Crippen molar-refractivity contribution in [1.82, 2.24) is 0 Å². The van der Waals surface area contributed by atoms with Crippen LogP contribution in [0.4, 0.5) is 10.5 Å². The number of nitriles is 1. The quantitative estimate of drug-likeness (QED) is 0.783. The van der Waals surface area contributed by atoms with E-state index in [4.69, 9.17) is 10.00 Å². The zero-order valence-electron chi connectivity index (χ0n) is 9.93. The van der Waals surface area contributed by atoms with Gasteiger partial charge in [-0.3, -0.25) is 4.90 Å². The minimum absolute atomic E-state index is 0.313. The van der Waals surface area contributed by atoms with Crippen LogP contribution in [-0.4, -0.2) is 18.7 Å². The smallest absolute Gasteiger partial charge is 0.415 e. The summed E-state index contributed by atoms with van der Waals surface area (Å²) in [5.41, 5.74) is 3.01. The summed E-state index contributed by atoms with van der Waals surface area (Å²) in [6.45, 7) is 4.32. The first-order valence-electron chi connectivity index (χ1n) is 5.63. The highest BCUT2D eigenvalue weighted by molar-refractivity contribution is 5.92. The van der Waals surface area contributed by atoms with Gasteiger partial charge in [0, 0.05) is 0 Å². The van der Waals surface area contributed by atoms with Gasteiger partial charge < -0.3 is 4.74 Å². The highest BCUT2D eigenvalue weighted by atomic mass is 16.6. The molecule has 2 rings (SSSR count). The second-order valence-electron chi connectivity index (χ2n) is 4.05. The number of anilines is 1. The molecule has 0 spiro atoms. The van der Waals surface area contributed by atoms with Gasteiger partial charge in [0.2, 0.25) is 6.10 Å². The van der Waals surface area contributed by atoms with E-state index in [0.717, 1.165) is 23.2 Å². The van der Waals surface area contributed by atoms with Crippen LogP contribution in [-0.2, 0) is 11.2 Å². The van der Waals surface area contributed by atoms with Gasteiger partial charge in [-0.05, 0) is 24.5 Å². The highest BCUT2D eigenvalue weighted by Crippen LogP contribution is 2.29. The Kier molecular flexibility index (Phi) is 3.01. The molecule has 0 saturated carbocycles. The molecule has 1 aromatic rings. The van der Waals surface area contributed by atoms with Crippen LogP contribution in [0.2, 0.25) is 0 Å². The lowest BCUT2D eigenvalue weighted by Gasteiger charge is -2.19. The summed E-state index contributed by atoms with van der Waals surface area (Å²) >= 11 is 0. The number of carbonyl (C=O) groups is 1. The molecule has 1 heterocycles. The van der Waals surface area contributed by atoms with Crippen molar-refractivity contribution in [2.75, 3.05) is 11.4 Å². The summed E-state index contributed by atoms with van der Waals surface area (Å²) in [4.78, 5) is 13.3. The number of nitrogens with zero attached hydrogens (tertiary/aromatic N) is 2. The molecule has 0 N–H and O–H groups in total. The first-order valence-corrected chi connectivity index (χ1v) is 5.63. The van der Waals surface area contributed by atoms with E-state index in [9.17, 15) is 4.79 Å². The minimum atomic E-state index is -0.660. The number of hydrogen-bond donors (Lipinski definition) is 0. The van der Waals surface area contributed by atoms with E-state index in [1.165, 1.54) is 0 Å². The number of carbonyl (C=O) groups excluding carboxylic acids is 1. The van der Waals surface area contributed by atoms with Gasteiger partial charge in [0.15, 0.2) is 0 Å². The molecule has 1 fully saturated rings. The van der Waals surface area contributed by atoms with Crippen LogP contribution in [0.3, 0.4) is 0 Å². The topological polar surface area (TPSA) is 53.3 Å². The first-order chi connectivity index (χ1) is 8.17. The van der Waals surface area contributed by atoms with E-state index in [-0.39, 0.29) is 0 Å². The van der Waals surface area contributed by atoms with Crippen LogP contribution in [0, 0.1) is 18.3 Å². The van der Waals surface area contributed by atoms with Crippen molar-refractivity contribution in [3.63, 3.8) is 0 Å². The molecule has 1 aromatic carbocycles. The lowest BCUT2D eigenvalue weighted by molar-refractivity contribution is 0.162. The Morgan fingerprint density at radius 1 is 1.59 bits per heavy atom. The molecule has 0 aliphatic carbocycles. The Morgan fingerprint density at radius 2 is 2.35 bits per heavy atom. The average molecular weight is 230 g/mol. The van der Waals surface area contributed by atoms with Gasteiger partial charge in [0.25, 0.3) is 0 Å². The summed E-state index contributed by atoms with van der Waals surface area (Å²) in [5, 5.41) is 8.79. The van der Waals surface area contributed by atoms with Gasteiger partial charge in [-0.25, -0.2) is 4.79 Å². The molecule has 4 heteroatoms. The monoisotopic (exact) mass is 230 g/mol. The molecule has 1 unspecified atom stereocenters. The number of aryl methyl sites for hydroxylation is 2. The van der Waals surface area contributed by atoms with Crippen molar-refractivity contribution in [3.05, 3.63) is 29.3 Å². The summed E-state index contributed by atoms with van der Waals surface area (Å²) in [6.07, 6.45) is -0.245.